The van der Waals surface area contributed by atoms with Gasteiger partial charge in [-0.1, -0.05) is 35.3 Å². The number of sulfonamides is 1. The molecule has 0 unspecified atom stereocenters. The van der Waals surface area contributed by atoms with Gasteiger partial charge in [-0.2, -0.15) is 0 Å². The van der Waals surface area contributed by atoms with E-state index in [0.717, 1.165) is 17.5 Å². The minimum absolute atomic E-state index is 0.0117. The summed E-state index contributed by atoms with van der Waals surface area (Å²) in [4.78, 5) is 15.0. The predicted molar refractivity (Wildman–Crippen MR) is 116 cm³/mol. The van der Waals surface area contributed by atoms with E-state index < -0.39 is 10.0 Å². The first-order chi connectivity index (χ1) is 13.8. The lowest BCUT2D eigenvalue weighted by Crippen LogP contribution is -2.35. The van der Waals surface area contributed by atoms with Gasteiger partial charge in [-0.05, 0) is 59.3 Å². The first-order valence-electron chi connectivity index (χ1n) is 8.76. The van der Waals surface area contributed by atoms with Gasteiger partial charge in [-0.15, -0.1) is 11.3 Å². The molecule has 0 atom stereocenters. The Morgan fingerprint density at radius 2 is 1.90 bits per heavy atom. The van der Waals surface area contributed by atoms with Crippen LogP contribution in [0.5, 0.6) is 0 Å². The van der Waals surface area contributed by atoms with Crippen molar-refractivity contribution in [3.63, 3.8) is 0 Å². The molecule has 2 heterocycles. The maximum Gasteiger partial charge on any atom is 0.264 e. The van der Waals surface area contributed by atoms with Crippen LogP contribution in [-0.2, 0) is 23.0 Å². The van der Waals surface area contributed by atoms with Gasteiger partial charge in [0.15, 0.2) is 0 Å². The second kappa shape index (κ2) is 7.99. The number of hydrogen-bond donors (Lipinski definition) is 1. The monoisotopic (exact) mass is 466 g/mol. The van der Waals surface area contributed by atoms with Crippen LogP contribution in [0.4, 0.5) is 5.69 Å². The second-order valence-electron chi connectivity index (χ2n) is 6.62. The molecule has 4 rings (SSSR count). The van der Waals surface area contributed by atoms with Crippen LogP contribution in [0.25, 0.3) is 0 Å². The highest BCUT2D eigenvalue weighted by atomic mass is 35.5. The Morgan fingerprint density at radius 3 is 2.66 bits per heavy atom. The van der Waals surface area contributed by atoms with Crippen molar-refractivity contribution in [2.45, 2.75) is 17.9 Å². The molecular weight excluding hydrogens is 451 g/mol. The molecular formula is C20H16Cl2N2O3S2. The number of carbonyl (C=O) groups excluding carboxylic acids is 1. The Morgan fingerprint density at radius 1 is 1.07 bits per heavy atom. The molecule has 1 amide bonds. The molecule has 1 aliphatic heterocycles. The number of amides is 1. The molecule has 0 radical (unpaired) electrons. The van der Waals surface area contributed by atoms with E-state index in [2.05, 4.69) is 4.72 Å². The fourth-order valence-electron chi connectivity index (χ4n) is 3.24. The van der Waals surface area contributed by atoms with E-state index in [1.165, 1.54) is 29.5 Å². The lowest BCUT2D eigenvalue weighted by molar-refractivity contribution is 0.0739. The molecule has 9 heteroatoms. The van der Waals surface area contributed by atoms with Crippen molar-refractivity contribution in [1.82, 2.24) is 4.90 Å². The predicted octanol–water partition coefficient (Wildman–Crippen LogP) is 5.05. The number of fused-ring (bicyclic) bond motifs is 1. The second-order valence-corrected chi connectivity index (χ2v) is 10.1. The number of nitrogens with zero attached hydrogens (tertiary/aromatic N) is 1. The Kier molecular flexibility index (Phi) is 5.57. The maximum atomic E-state index is 12.8. The van der Waals surface area contributed by atoms with Gasteiger partial charge in [0.05, 0.1) is 9.90 Å². The van der Waals surface area contributed by atoms with E-state index in [1.807, 2.05) is 23.6 Å². The molecule has 150 valence electrons. The standard InChI is InChI=1S/C20H16Cl2N2O3S2/c21-15-4-6-17(22)19(11-15)29(26,27)23-16-5-3-13-7-8-24(12-14(13)10-16)20(25)18-2-1-9-28-18/h1-6,9-11,23H,7-8,12H2. The molecule has 0 saturated carbocycles. The quantitative estimate of drug-likeness (QED) is 0.584. The number of hydrogen-bond acceptors (Lipinski definition) is 4. The highest BCUT2D eigenvalue weighted by Gasteiger charge is 2.24. The van der Waals surface area contributed by atoms with Crippen LogP contribution < -0.4 is 4.72 Å². The zero-order valence-corrected chi connectivity index (χ0v) is 18.2. The van der Waals surface area contributed by atoms with Crippen molar-refractivity contribution in [2.24, 2.45) is 0 Å². The number of halogens is 2. The summed E-state index contributed by atoms with van der Waals surface area (Å²) in [5, 5.41) is 2.24. The van der Waals surface area contributed by atoms with Gasteiger partial charge in [-0.25, -0.2) is 8.42 Å². The van der Waals surface area contributed by atoms with Crippen molar-refractivity contribution >= 4 is 56.2 Å². The molecule has 3 aromatic rings. The summed E-state index contributed by atoms with van der Waals surface area (Å²) in [5.74, 6) is -0.0117. The van der Waals surface area contributed by atoms with E-state index in [1.54, 1.807) is 17.0 Å². The maximum absolute atomic E-state index is 12.8. The van der Waals surface area contributed by atoms with Crippen molar-refractivity contribution < 1.29 is 13.2 Å². The third-order valence-electron chi connectivity index (χ3n) is 4.67. The van der Waals surface area contributed by atoms with E-state index in [4.69, 9.17) is 23.2 Å². The number of carbonyl (C=O) groups is 1. The summed E-state index contributed by atoms with van der Waals surface area (Å²) in [7, 11) is -3.90. The van der Waals surface area contributed by atoms with Gasteiger partial charge < -0.3 is 4.90 Å². The molecule has 5 nitrogen and oxygen atoms in total. The van der Waals surface area contributed by atoms with E-state index >= 15 is 0 Å². The van der Waals surface area contributed by atoms with E-state index in [-0.39, 0.29) is 20.8 Å². The van der Waals surface area contributed by atoms with Gasteiger partial charge in [0.25, 0.3) is 15.9 Å². The van der Waals surface area contributed by atoms with Crippen LogP contribution in [0.3, 0.4) is 0 Å². The average molecular weight is 467 g/mol. The van der Waals surface area contributed by atoms with Crippen LogP contribution in [0.15, 0.2) is 58.8 Å². The minimum atomic E-state index is -3.90. The summed E-state index contributed by atoms with van der Waals surface area (Å²) in [6.07, 6.45) is 0.722. The van der Waals surface area contributed by atoms with E-state index in [9.17, 15) is 13.2 Å². The summed E-state index contributed by atoms with van der Waals surface area (Å²) in [6, 6.07) is 13.3. The average Bonchev–Trinajstić information content (AvgIpc) is 3.23. The third-order valence-corrected chi connectivity index (χ3v) is 7.63. The lowest BCUT2D eigenvalue weighted by atomic mass is 9.99. The molecule has 0 aliphatic carbocycles. The Balaban J connectivity index is 1.58. The third kappa shape index (κ3) is 4.28. The Hall–Kier alpha value is -2.06. The van der Waals surface area contributed by atoms with Gasteiger partial charge in [0.2, 0.25) is 0 Å². The molecule has 0 spiro atoms. The zero-order chi connectivity index (χ0) is 20.6. The van der Waals surface area contributed by atoms with E-state index in [0.29, 0.717) is 23.7 Å². The van der Waals surface area contributed by atoms with Crippen molar-refractivity contribution in [3.05, 3.63) is 80.0 Å². The molecule has 29 heavy (non-hydrogen) atoms. The molecule has 1 N–H and O–H groups in total. The van der Waals surface area contributed by atoms with Crippen molar-refractivity contribution in [2.75, 3.05) is 11.3 Å². The highest BCUT2D eigenvalue weighted by Crippen LogP contribution is 2.29. The fraction of sp³-hybridized carbons (Fsp3) is 0.150. The van der Waals surface area contributed by atoms with Crippen LogP contribution >= 0.6 is 34.5 Å². The molecule has 0 bridgehead atoms. The van der Waals surface area contributed by atoms with Crippen LogP contribution in [-0.4, -0.2) is 25.8 Å². The lowest BCUT2D eigenvalue weighted by Gasteiger charge is -2.29. The van der Waals surface area contributed by atoms with Gasteiger partial charge in [-0.3, -0.25) is 9.52 Å². The molecule has 1 aromatic heterocycles. The smallest absolute Gasteiger partial charge is 0.264 e. The number of benzene rings is 2. The molecule has 2 aromatic carbocycles. The summed E-state index contributed by atoms with van der Waals surface area (Å²) >= 11 is 13.4. The topological polar surface area (TPSA) is 66.5 Å². The fourth-order valence-corrected chi connectivity index (χ4v) is 5.75. The summed E-state index contributed by atoms with van der Waals surface area (Å²) in [6.45, 7) is 1.06. The normalized spacial score (nSPS) is 13.8. The SMILES string of the molecule is O=C(c1cccs1)N1CCc2ccc(NS(=O)(=O)c3cc(Cl)ccc3Cl)cc2C1. The summed E-state index contributed by atoms with van der Waals surface area (Å²) < 4.78 is 28.1. The Labute approximate surface area is 182 Å². The largest absolute Gasteiger partial charge is 0.333 e. The van der Waals surface area contributed by atoms with Gasteiger partial charge in [0.1, 0.15) is 4.90 Å². The molecule has 0 saturated heterocycles. The van der Waals surface area contributed by atoms with Crippen LogP contribution in [0, 0.1) is 0 Å². The first-order valence-corrected chi connectivity index (χ1v) is 11.9. The number of rotatable bonds is 4. The number of nitrogens with one attached hydrogen (secondary N) is 1. The Bertz CT molecular complexity index is 1180. The number of anilines is 1. The zero-order valence-electron chi connectivity index (χ0n) is 15.1. The van der Waals surface area contributed by atoms with Crippen molar-refractivity contribution in [1.29, 1.82) is 0 Å². The van der Waals surface area contributed by atoms with Crippen molar-refractivity contribution in [3.8, 4) is 0 Å². The molecule has 0 fully saturated rings. The highest BCUT2D eigenvalue weighted by molar-refractivity contribution is 7.92. The van der Waals surface area contributed by atoms with Gasteiger partial charge in [0, 0.05) is 23.8 Å². The first kappa shape index (κ1) is 20.2. The number of thiophene rings is 1. The van der Waals surface area contributed by atoms with Crippen LogP contribution in [0.1, 0.15) is 20.8 Å². The van der Waals surface area contributed by atoms with Crippen LogP contribution in [0.2, 0.25) is 10.0 Å². The summed E-state index contributed by atoms with van der Waals surface area (Å²) in [5.41, 5.74) is 2.42. The minimum Gasteiger partial charge on any atom is -0.333 e. The van der Waals surface area contributed by atoms with Gasteiger partial charge >= 0.3 is 0 Å². The molecule has 1 aliphatic rings.